The summed E-state index contributed by atoms with van der Waals surface area (Å²) in [7, 11) is -3.73. The fourth-order valence-corrected chi connectivity index (χ4v) is 4.69. The molecule has 0 saturated carbocycles. The molecule has 0 N–H and O–H groups in total. The highest BCUT2D eigenvalue weighted by molar-refractivity contribution is 9.10. The molecule has 0 amide bonds. The maximum absolute atomic E-state index is 12.8. The Morgan fingerprint density at radius 1 is 1.19 bits per heavy atom. The number of halogens is 2. The molecular formula is C18H17BrClNO5S. The van der Waals surface area contributed by atoms with E-state index in [1.807, 2.05) is 24.3 Å². The van der Waals surface area contributed by atoms with Gasteiger partial charge in [0.05, 0.1) is 28.7 Å². The highest BCUT2D eigenvalue weighted by Crippen LogP contribution is 2.24. The maximum Gasteiger partial charge on any atom is 0.340 e. The van der Waals surface area contributed by atoms with Gasteiger partial charge in [-0.25, -0.2) is 13.2 Å². The van der Waals surface area contributed by atoms with Crippen LogP contribution in [0.5, 0.6) is 0 Å². The summed E-state index contributed by atoms with van der Waals surface area (Å²) in [6.45, 7) is 1.28. The van der Waals surface area contributed by atoms with Gasteiger partial charge in [0.25, 0.3) is 0 Å². The average molecular weight is 475 g/mol. The molecular weight excluding hydrogens is 458 g/mol. The van der Waals surface area contributed by atoms with E-state index in [0.717, 1.165) is 10.0 Å². The topological polar surface area (TPSA) is 72.9 Å². The molecule has 2 aromatic carbocycles. The number of esters is 1. The van der Waals surface area contributed by atoms with Gasteiger partial charge in [-0.3, -0.25) is 0 Å². The van der Waals surface area contributed by atoms with Crippen LogP contribution in [0.1, 0.15) is 15.9 Å². The summed E-state index contributed by atoms with van der Waals surface area (Å²) in [4.78, 5) is 12.4. The zero-order chi connectivity index (χ0) is 19.4. The summed E-state index contributed by atoms with van der Waals surface area (Å²) < 4.78 is 38.2. The zero-order valence-corrected chi connectivity index (χ0v) is 17.4. The number of morpholine rings is 1. The number of hydrogen-bond donors (Lipinski definition) is 0. The Morgan fingerprint density at radius 2 is 1.93 bits per heavy atom. The highest BCUT2D eigenvalue weighted by Gasteiger charge is 2.27. The second-order valence-corrected chi connectivity index (χ2v) is 9.12. The lowest BCUT2D eigenvalue weighted by molar-refractivity contribution is 0.0472. The van der Waals surface area contributed by atoms with E-state index in [4.69, 9.17) is 21.1 Å². The molecule has 1 saturated heterocycles. The number of sulfonamides is 1. The van der Waals surface area contributed by atoms with Crippen LogP contribution in [0.4, 0.5) is 0 Å². The van der Waals surface area contributed by atoms with Crippen molar-refractivity contribution in [1.29, 1.82) is 0 Å². The molecule has 0 spiro atoms. The molecule has 0 bridgehead atoms. The fraction of sp³-hybridized carbons (Fsp3) is 0.278. The summed E-state index contributed by atoms with van der Waals surface area (Å²) in [5.41, 5.74) is 0.812. The second-order valence-electron chi connectivity index (χ2n) is 5.86. The number of ether oxygens (including phenoxy) is 2. The van der Waals surface area contributed by atoms with Crippen molar-refractivity contribution in [3.05, 3.63) is 63.1 Å². The van der Waals surface area contributed by atoms with Gasteiger partial charge < -0.3 is 9.47 Å². The number of hydrogen-bond acceptors (Lipinski definition) is 5. The van der Waals surface area contributed by atoms with Crippen molar-refractivity contribution in [3.8, 4) is 0 Å². The first kappa shape index (κ1) is 20.3. The van der Waals surface area contributed by atoms with Crippen LogP contribution in [0.15, 0.2) is 51.8 Å². The van der Waals surface area contributed by atoms with Crippen LogP contribution in [-0.2, 0) is 26.1 Å². The van der Waals surface area contributed by atoms with Crippen molar-refractivity contribution in [3.63, 3.8) is 0 Å². The third kappa shape index (κ3) is 4.89. The first-order valence-electron chi connectivity index (χ1n) is 8.17. The minimum absolute atomic E-state index is 0.00297. The van der Waals surface area contributed by atoms with Crippen molar-refractivity contribution >= 4 is 43.5 Å². The van der Waals surface area contributed by atoms with Crippen molar-refractivity contribution < 1.29 is 22.7 Å². The Labute approximate surface area is 171 Å². The predicted molar refractivity (Wildman–Crippen MR) is 104 cm³/mol. The monoisotopic (exact) mass is 473 g/mol. The molecule has 9 heteroatoms. The van der Waals surface area contributed by atoms with Crippen LogP contribution in [0.2, 0.25) is 5.02 Å². The van der Waals surface area contributed by atoms with Crippen LogP contribution in [0, 0.1) is 0 Å². The smallest absolute Gasteiger partial charge is 0.340 e. The van der Waals surface area contributed by atoms with Gasteiger partial charge in [-0.2, -0.15) is 4.31 Å². The number of nitrogens with zero attached hydrogens (tertiary/aromatic N) is 1. The van der Waals surface area contributed by atoms with Gasteiger partial charge >= 0.3 is 5.97 Å². The molecule has 1 aliphatic heterocycles. The van der Waals surface area contributed by atoms with Gasteiger partial charge in [0.15, 0.2) is 0 Å². The van der Waals surface area contributed by atoms with Gasteiger partial charge in [-0.15, -0.1) is 0 Å². The largest absolute Gasteiger partial charge is 0.457 e. The Hall–Kier alpha value is -1.45. The van der Waals surface area contributed by atoms with E-state index < -0.39 is 16.0 Å². The summed E-state index contributed by atoms with van der Waals surface area (Å²) in [6.07, 6.45) is 0. The normalized spacial score (nSPS) is 15.5. The van der Waals surface area contributed by atoms with Crippen LogP contribution in [-0.4, -0.2) is 45.0 Å². The summed E-state index contributed by atoms with van der Waals surface area (Å²) in [5.74, 6) is -0.681. The van der Waals surface area contributed by atoms with Crippen LogP contribution < -0.4 is 0 Å². The third-order valence-corrected chi connectivity index (χ3v) is 6.74. The number of carbonyl (C=O) groups excluding carboxylic acids is 1. The summed E-state index contributed by atoms with van der Waals surface area (Å²) in [6, 6.07) is 11.4. The lowest BCUT2D eigenvalue weighted by Gasteiger charge is -2.26. The Morgan fingerprint density at radius 3 is 2.63 bits per heavy atom. The van der Waals surface area contributed by atoms with Crippen molar-refractivity contribution in [2.45, 2.75) is 11.5 Å². The van der Waals surface area contributed by atoms with Crippen molar-refractivity contribution in [1.82, 2.24) is 4.31 Å². The van der Waals surface area contributed by atoms with Gasteiger partial charge in [0, 0.05) is 17.6 Å². The van der Waals surface area contributed by atoms with E-state index in [9.17, 15) is 13.2 Å². The number of carbonyl (C=O) groups is 1. The third-order valence-electron chi connectivity index (χ3n) is 4.02. The highest BCUT2D eigenvalue weighted by atomic mass is 79.9. The van der Waals surface area contributed by atoms with Crippen molar-refractivity contribution in [2.75, 3.05) is 26.3 Å². The lowest BCUT2D eigenvalue weighted by Crippen LogP contribution is -2.40. The molecule has 0 unspecified atom stereocenters. The first-order valence-corrected chi connectivity index (χ1v) is 10.8. The van der Waals surface area contributed by atoms with E-state index in [1.54, 1.807) is 0 Å². The average Bonchev–Trinajstić information content (AvgIpc) is 2.67. The van der Waals surface area contributed by atoms with E-state index >= 15 is 0 Å². The second kappa shape index (κ2) is 8.70. The molecule has 1 heterocycles. The molecule has 0 aliphatic carbocycles. The van der Waals surface area contributed by atoms with Crippen molar-refractivity contribution in [2.24, 2.45) is 0 Å². The molecule has 0 aromatic heterocycles. The van der Waals surface area contributed by atoms with Crippen LogP contribution in [0.3, 0.4) is 0 Å². The zero-order valence-electron chi connectivity index (χ0n) is 14.2. The van der Waals surface area contributed by atoms with Gasteiger partial charge in [0.2, 0.25) is 10.0 Å². The van der Waals surface area contributed by atoms with Crippen LogP contribution >= 0.6 is 27.5 Å². The number of rotatable bonds is 5. The Balaban J connectivity index is 1.79. The maximum atomic E-state index is 12.8. The minimum Gasteiger partial charge on any atom is -0.457 e. The Bertz CT molecular complexity index is 945. The molecule has 6 nitrogen and oxygen atoms in total. The quantitative estimate of drug-likeness (QED) is 0.620. The molecule has 0 atom stereocenters. The number of benzene rings is 2. The first-order chi connectivity index (χ1) is 12.9. The summed E-state index contributed by atoms with van der Waals surface area (Å²) >= 11 is 9.45. The molecule has 2 aromatic rings. The van der Waals surface area contributed by atoms with E-state index in [1.165, 1.54) is 22.5 Å². The lowest BCUT2D eigenvalue weighted by atomic mass is 10.2. The van der Waals surface area contributed by atoms with E-state index in [-0.39, 0.29) is 35.2 Å². The molecule has 1 fully saturated rings. The van der Waals surface area contributed by atoms with E-state index in [0.29, 0.717) is 13.2 Å². The SMILES string of the molecule is O=C(OCc1cccc(Br)c1)c1cc(S(=O)(=O)N2CCOCC2)ccc1Cl. The van der Waals surface area contributed by atoms with Crippen LogP contribution in [0.25, 0.3) is 0 Å². The van der Waals surface area contributed by atoms with Gasteiger partial charge in [0.1, 0.15) is 6.61 Å². The molecule has 3 rings (SSSR count). The molecule has 144 valence electrons. The predicted octanol–water partition coefficient (Wildman–Crippen LogP) is 3.48. The Kier molecular flexibility index (Phi) is 6.54. The van der Waals surface area contributed by atoms with Gasteiger partial charge in [-0.1, -0.05) is 39.7 Å². The van der Waals surface area contributed by atoms with E-state index in [2.05, 4.69) is 15.9 Å². The fourth-order valence-electron chi connectivity index (χ4n) is 2.61. The summed E-state index contributed by atoms with van der Waals surface area (Å²) in [5, 5.41) is 0.134. The standard InChI is InChI=1S/C18H17BrClNO5S/c19-14-3-1-2-13(10-14)12-26-18(22)16-11-15(4-5-17(16)20)27(23,24)21-6-8-25-9-7-21/h1-5,10-11H,6-9,12H2. The molecule has 27 heavy (non-hydrogen) atoms. The molecule has 1 aliphatic rings. The molecule has 0 radical (unpaired) electrons. The van der Waals surface area contributed by atoms with Gasteiger partial charge in [-0.05, 0) is 35.9 Å². The minimum atomic E-state index is -3.73.